The number of hydrogen-bond donors (Lipinski definition) is 2. The van der Waals surface area contributed by atoms with Crippen LogP contribution in [0, 0.1) is 5.82 Å². The molecule has 24 heavy (non-hydrogen) atoms. The number of aromatic hydroxyl groups is 1. The number of anilines is 1. The summed E-state index contributed by atoms with van der Waals surface area (Å²) in [6.07, 6.45) is 1.40. The number of carbonyl (C=O) groups is 2. The van der Waals surface area contributed by atoms with Crippen LogP contribution in [0.15, 0.2) is 54.1 Å². The molecule has 1 aliphatic rings. The van der Waals surface area contributed by atoms with Crippen LogP contribution < -0.4 is 10.2 Å². The molecule has 5 nitrogen and oxygen atoms in total. The van der Waals surface area contributed by atoms with E-state index in [9.17, 15) is 19.1 Å². The van der Waals surface area contributed by atoms with Gasteiger partial charge in [-0.25, -0.2) is 4.39 Å². The van der Waals surface area contributed by atoms with Crippen molar-refractivity contribution in [2.24, 2.45) is 0 Å². The zero-order valence-corrected chi connectivity index (χ0v) is 13.0. The van der Waals surface area contributed by atoms with E-state index in [2.05, 4.69) is 5.32 Å². The molecule has 1 aliphatic heterocycles. The fraction of sp³-hybridized carbons (Fsp3) is 0. The lowest BCUT2D eigenvalue weighted by Crippen LogP contribution is -2.54. The molecule has 0 radical (unpaired) electrons. The molecule has 0 aromatic heterocycles. The fourth-order valence-corrected chi connectivity index (χ4v) is 2.50. The van der Waals surface area contributed by atoms with Gasteiger partial charge in [0.1, 0.15) is 17.1 Å². The van der Waals surface area contributed by atoms with Crippen LogP contribution in [0.2, 0.25) is 0 Å². The fourth-order valence-electron chi connectivity index (χ4n) is 2.22. The number of rotatable bonds is 2. The summed E-state index contributed by atoms with van der Waals surface area (Å²) in [7, 11) is 0. The first-order valence-electron chi connectivity index (χ1n) is 6.92. The Balaban J connectivity index is 1.99. The molecule has 7 heteroatoms. The SMILES string of the molecule is O=C1NC(=S)N(c2ccc(F)cc2)C(=O)/C1=C\c1ccc(O)cc1. The van der Waals surface area contributed by atoms with Crippen molar-refractivity contribution >= 4 is 40.9 Å². The van der Waals surface area contributed by atoms with E-state index in [-0.39, 0.29) is 16.4 Å². The molecule has 0 atom stereocenters. The zero-order chi connectivity index (χ0) is 17.3. The molecule has 3 rings (SSSR count). The molecule has 1 heterocycles. The van der Waals surface area contributed by atoms with Crippen LogP contribution >= 0.6 is 12.2 Å². The van der Waals surface area contributed by atoms with Crippen LogP contribution in [0.4, 0.5) is 10.1 Å². The molecule has 120 valence electrons. The van der Waals surface area contributed by atoms with Crippen LogP contribution in [-0.2, 0) is 9.59 Å². The van der Waals surface area contributed by atoms with Crippen molar-refractivity contribution in [1.82, 2.24) is 5.32 Å². The first-order valence-corrected chi connectivity index (χ1v) is 7.32. The van der Waals surface area contributed by atoms with Crippen molar-refractivity contribution in [2.45, 2.75) is 0 Å². The van der Waals surface area contributed by atoms with E-state index in [1.807, 2.05) is 0 Å². The van der Waals surface area contributed by atoms with Crippen LogP contribution in [0.5, 0.6) is 5.75 Å². The minimum Gasteiger partial charge on any atom is -0.508 e. The summed E-state index contributed by atoms with van der Waals surface area (Å²) >= 11 is 5.05. The van der Waals surface area contributed by atoms with Crippen molar-refractivity contribution in [3.05, 3.63) is 65.5 Å². The Bertz CT molecular complexity index is 860. The third kappa shape index (κ3) is 3.02. The number of hydrogen-bond acceptors (Lipinski definition) is 4. The molecule has 1 saturated heterocycles. The first kappa shape index (κ1) is 15.8. The summed E-state index contributed by atoms with van der Waals surface area (Å²) in [5, 5.41) is 11.7. The molecule has 0 saturated carbocycles. The van der Waals surface area contributed by atoms with Gasteiger partial charge in [-0.1, -0.05) is 12.1 Å². The van der Waals surface area contributed by atoms with Crippen molar-refractivity contribution in [1.29, 1.82) is 0 Å². The molecule has 2 aromatic carbocycles. The van der Waals surface area contributed by atoms with Gasteiger partial charge in [-0.15, -0.1) is 0 Å². The van der Waals surface area contributed by atoms with E-state index in [0.717, 1.165) is 4.90 Å². The lowest BCUT2D eigenvalue weighted by Gasteiger charge is -2.28. The summed E-state index contributed by atoms with van der Waals surface area (Å²) < 4.78 is 13.1. The second-order valence-electron chi connectivity index (χ2n) is 5.03. The van der Waals surface area contributed by atoms with Gasteiger partial charge in [-0.05, 0) is 60.3 Å². The van der Waals surface area contributed by atoms with E-state index >= 15 is 0 Å². The molecule has 0 bridgehead atoms. The predicted octanol–water partition coefficient (Wildman–Crippen LogP) is 2.36. The summed E-state index contributed by atoms with van der Waals surface area (Å²) in [6, 6.07) is 11.2. The van der Waals surface area contributed by atoms with Crippen LogP contribution in [-0.4, -0.2) is 22.0 Å². The number of nitrogens with one attached hydrogen (secondary N) is 1. The number of phenols is 1. The summed E-state index contributed by atoms with van der Waals surface area (Å²) in [4.78, 5) is 25.9. The third-order valence-electron chi connectivity index (χ3n) is 3.39. The molecule has 0 spiro atoms. The highest BCUT2D eigenvalue weighted by atomic mass is 32.1. The second kappa shape index (κ2) is 6.21. The van der Waals surface area contributed by atoms with Crippen LogP contribution in [0.1, 0.15) is 5.56 Å². The van der Waals surface area contributed by atoms with Gasteiger partial charge in [0.2, 0.25) is 0 Å². The van der Waals surface area contributed by atoms with Crippen molar-refractivity contribution in [2.75, 3.05) is 4.90 Å². The molecule has 2 N–H and O–H groups in total. The van der Waals surface area contributed by atoms with Gasteiger partial charge in [-0.3, -0.25) is 19.8 Å². The van der Waals surface area contributed by atoms with Gasteiger partial charge in [0.15, 0.2) is 5.11 Å². The number of amides is 2. The van der Waals surface area contributed by atoms with Gasteiger partial charge in [0, 0.05) is 0 Å². The number of halogens is 1. The van der Waals surface area contributed by atoms with E-state index in [4.69, 9.17) is 12.2 Å². The van der Waals surface area contributed by atoms with E-state index in [1.54, 1.807) is 12.1 Å². The Labute approximate surface area is 142 Å². The van der Waals surface area contributed by atoms with Gasteiger partial charge in [-0.2, -0.15) is 0 Å². The molecule has 0 unspecified atom stereocenters. The largest absolute Gasteiger partial charge is 0.508 e. The number of nitrogens with zero attached hydrogens (tertiary/aromatic N) is 1. The molecular weight excluding hydrogens is 331 g/mol. The normalized spacial score (nSPS) is 16.5. The summed E-state index contributed by atoms with van der Waals surface area (Å²) in [5.74, 6) is -1.59. The Morgan fingerprint density at radius 3 is 2.29 bits per heavy atom. The number of phenolic OH excluding ortho intramolecular Hbond substituents is 1. The lowest BCUT2D eigenvalue weighted by atomic mass is 10.1. The Kier molecular flexibility index (Phi) is 4.09. The van der Waals surface area contributed by atoms with Crippen molar-refractivity contribution in [3.8, 4) is 5.75 Å². The highest BCUT2D eigenvalue weighted by Crippen LogP contribution is 2.22. The zero-order valence-electron chi connectivity index (χ0n) is 12.2. The molecule has 0 aliphatic carbocycles. The second-order valence-corrected chi connectivity index (χ2v) is 5.41. The lowest BCUT2D eigenvalue weighted by molar-refractivity contribution is -0.122. The number of carbonyl (C=O) groups excluding carboxylic acids is 2. The topological polar surface area (TPSA) is 69.6 Å². The average molecular weight is 342 g/mol. The monoisotopic (exact) mass is 342 g/mol. The van der Waals surface area contributed by atoms with Crippen molar-refractivity contribution in [3.63, 3.8) is 0 Å². The number of benzene rings is 2. The van der Waals surface area contributed by atoms with E-state index < -0.39 is 17.6 Å². The Morgan fingerprint density at radius 1 is 1.04 bits per heavy atom. The quantitative estimate of drug-likeness (QED) is 0.499. The highest BCUT2D eigenvalue weighted by molar-refractivity contribution is 7.80. The van der Waals surface area contributed by atoms with Crippen LogP contribution in [0.25, 0.3) is 6.08 Å². The van der Waals surface area contributed by atoms with Gasteiger partial charge in [0.05, 0.1) is 5.69 Å². The maximum Gasteiger partial charge on any atom is 0.270 e. The van der Waals surface area contributed by atoms with Crippen molar-refractivity contribution < 1.29 is 19.1 Å². The molecular formula is C17H11FN2O3S. The van der Waals surface area contributed by atoms with E-state index in [0.29, 0.717) is 11.3 Å². The molecule has 2 aromatic rings. The predicted molar refractivity (Wildman–Crippen MR) is 90.7 cm³/mol. The molecule has 2 amide bonds. The Hall–Kier alpha value is -3.06. The minimum absolute atomic E-state index is 0.0699. The first-order chi connectivity index (χ1) is 11.5. The number of thiocarbonyl (C=S) groups is 1. The van der Waals surface area contributed by atoms with Crippen LogP contribution in [0.3, 0.4) is 0 Å². The minimum atomic E-state index is -0.614. The standard InChI is InChI=1S/C17H11FN2O3S/c18-11-3-5-12(6-4-11)20-16(23)14(15(22)19-17(20)24)9-10-1-7-13(21)8-2-10/h1-9,21H,(H,19,22,24)/b14-9-. The third-order valence-corrected chi connectivity index (χ3v) is 3.68. The summed E-state index contributed by atoms with van der Waals surface area (Å²) in [6.45, 7) is 0. The Morgan fingerprint density at radius 2 is 1.67 bits per heavy atom. The summed E-state index contributed by atoms with van der Waals surface area (Å²) in [5.41, 5.74) is 0.805. The van der Waals surface area contributed by atoms with Gasteiger partial charge in [0.25, 0.3) is 11.8 Å². The highest BCUT2D eigenvalue weighted by Gasteiger charge is 2.34. The maximum atomic E-state index is 13.1. The smallest absolute Gasteiger partial charge is 0.270 e. The van der Waals surface area contributed by atoms with Gasteiger partial charge >= 0.3 is 0 Å². The maximum absolute atomic E-state index is 13.1. The van der Waals surface area contributed by atoms with E-state index in [1.165, 1.54) is 42.5 Å². The average Bonchev–Trinajstić information content (AvgIpc) is 2.55. The molecule has 1 fully saturated rings. The van der Waals surface area contributed by atoms with Gasteiger partial charge < -0.3 is 5.11 Å².